The molecule has 0 aromatic carbocycles. The molecule has 0 amide bonds. The summed E-state index contributed by atoms with van der Waals surface area (Å²) < 4.78 is 16.5. The number of carbonyl (C=O) groups is 3. The first-order chi connectivity index (χ1) is 28.0. The number of rotatable bonds is 36. The molecule has 0 aliphatic rings. The van der Waals surface area contributed by atoms with E-state index in [0.717, 1.165) is 96.3 Å². The number of ether oxygens (including phenoxy) is 3. The van der Waals surface area contributed by atoms with Crippen molar-refractivity contribution in [1.29, 1.82) is 0 Å². The predicted octanol–water partition coefficient (Wildman–Crippen LogP) is 14.0. The summed E-state index contributed by atoms with van der Waals surface area (Å²) >= 11 is 0. The minimum atomic E-state index is -0.859. The molecule has 0 N–H and O–H groups in total. The second-order valence-electron chi connectivity index (χ2n) is 13.5. The number of hydrogen-bond donors (Lipinski definition) is 0. The smallest absolute Gasteiger partial charge is 0.306 e. The number of allylic oxidation sites excluding steroid dienone is 22. The van der Waals surface area contributed by atoms with Crippen molar-refractivity contribution in [3.63, 3.8) is 0 Å². The summed E-state index contributed by atoms with van der Waals surface area (Å²) in [6.45, 7) is 6.08. The fourth-order valence-corrected chi connectivity index (χ4v) is 5.01. The van der Waals surface area contributed by atoms with Crippen LogP contribution in [0.1, 0.15) is 149 Å². The number of hydrogen-bond acceptors (Lipinski definition) is 6. The van der Waals surface area contributed by atoms with E-state index < -0.39 is 12.1 Å². The van der Waals surface area contributed by atoms with E-state index in [0.29, 0.717) is 19.3 Å². The lowest BCUT2D eigenvalue weighted by atomic mass is 10.1. The molecule has 0 aromatic heterocycles. The topological polar surface area (TPSA) is 78.9 Å². The minimum Gasteiger partial charge on any atom is -0.462 e. The van der Waals surface area contributed by atoms with Crippen LogP contribution in [0.5, 0.6) is 0 Å². The average Bonchev–Trinajstić information content (AvgIpc) is 3.21. The van der Waals surface area contributed by atoms with Gasteiger partial charge < -0.3 is 14.2 Å². The van der Waals surface area contributed by atoms with Gasteiger partial charge in [-0.3, -0.25) is 14.4 Å². The molecule has 57 heavy (non-hydrogen) atoms. The predicted molar refractivity (Wildman–Crippen MR) is 242 cm³/mol. The molecule has 0 saturated heterocycles. The lowest BCUT2D eigenvalue weighted by Crippen LogP contribution is -2.30. The Bertz CT molecular complexity index is 1320. The van der Waals surface area contributed by atoms with Crippen LogP contribution in [0.3, 0.4) is 0 Å². The lowest BCUT2D eigenvalue weighted by Gasteiger charge is -2.18. The van der Waals surface area contributed by atoms with Crippen LogP contribution in [-0.4, -0.2) is 37.2 Å². The van der Waals surface area contributed by atoms with E-state index in [1.165, 1.54) is 0 Å². The van der Waals surface area contributed by atoms with Crippen molar-refractivity contribution >= 4 is 17.9 Å². The van der Waals surface area contributed by atoms with Crippen LogP contribution in [-0.2, 0) is 28.6 Å². The first kappa shape index (κ1) is 52.6. The first-order valence-electron chi connectivity index (χ1n) is 21.7. The van der Waals surface area contributed by atoms with Gasteiger partial charge in [-0.1, -0.05) is 161 Å². The van der Waals surface area contributed by atoms with Gasteiger partial charge in [-0.25, -0.2) is 0 Å². The molecule has 0 aliphatic carbocycles. The van der Waals surface area contributed by atoms with Crippen LogP contribution in [0.25, 0.3) is 0 Å². The molecule has 1 atom stereocenters. The molecule has 0 aliphatic heterocycles. The van der Waals surface area contributed by atoms with Crippen molar-refractivity contribution in [2.24, 2.45) is 0 Å². The highest BCUT2D eigenvalue weighted by atomic mass is 16.6. The van der Waals surface area contributed by atoms with Crippen LogP contribution < -0.4 is 0 Å². The molecule has 0 heterocycles. The van der Waals surface area contributed by atoms with Gasteiger partial charge in [-0.15, -0.1) is 0 Å². The summed E-state index contributed by atoms with van der Waals surface area (Å²) in [4.78, 5) is 37.6. The summed E-state index contributed by atoms with van der Waals surface area (Å²) in [5.74, 6) is -1.16. The molecule has 316 valence electrons. The van der Waals surface area contributed by atoms with Crippen molar-refractivity contribution in [3.05, 3.63) is 134 Å². The van der Waals surface area contributed by atoms with Gasteiger partial charge >= 0.3 is 17.9 Å². The zero-order valence-electron chi connectivity index (χ0n) is 35.8. The zero-order valence-corrected chi connectivity index (χ0v) is 35.8. The van der Waals surface area contributed by atoms with Crippen molar-refractivity contribution < 1.29 is 28.6 Å². The van der Waals surface area contributed by atoms with E-state index in [2.05, 4.69) is 130 Å². The third kappa shape index (κ3) is 42.5. The van der Waals surface area contributed by atoms with Gasteiger partial charge in [0.25, 0.3) is 0 Å². The zero-order chi connectivity index (χ0) is 41.5. The van der Waals surface area contributed by atoms with Crippen LogP contribution in [0.15, 0.2) is 134 Å². The number of unbranched alkanes of at least 4 members (excludes halogenated alkanes) is 3. The second-order valence-corrected chi connectivity index (χ2v) is 13.5. The molecule has 1 unspecified atom stereocenters. The molecular formula is C51H76O6. The van der Waals surface area contributed by atoms with E-state index in [-0.39, 0.29) is 38.0 Å². The highest BCUT2D eigenvalue weighted by molar-refractivity contribution is 5.71. The Morgan fingerprint density at radius 1 is 0.351 bits per heavy atom. The van der Waals surface area contributed by atoms with Gasteiger partial charge in [-0.05, 0) is 103 Å². The maximum Gasteiger partial charge on any atom is 0.306 e. The van der Waals surface area contributed by atoms with Crippen LogP contribution in [0.4, 0.5) is 0 Å². The number of esters is 3. The summed E-state index contributed by atoms with van der Waals surface area (Å²) in [5, 5.41) is 0. The lowest BCUT2D eigenvalue weighted by molar-refractivity contribution is -0.166. The highest BCUT2D eigenvalue weighted by Crippen LogP contribution is 2.08. The van der Waals surface area contributed by atoms with Gasteiger partial charge in [0, 0.05) is 19.3 Å². The Kier molecular flexibility index (Phi) is 40.8. The quantitative estimate of drug-likeness (QED) is 0.0272. The third-order valence-electron chi connectivity index (χ3n) is 8.16. The Morgan fingerprint density at radius 2 is 0.667 bits per heavy atom. The maximum atomic E-state index is 12.7. The van der Waals surface area contributed by atoms with Gasteiger partial charge in [0.15, 0.2) is 6.10 Å². The van der Waals surface area contributed by atoms with E-state index in [9.17, 15) is 14.4 Å². The van der Waals surface area contributed by atoms with Crippen molar-refractivity contribution in [2.75, 3.05) is 13.2 Å². The molecule has 0 saturated carbocycles. The normalized spacial score (nSPS) is 13.4. The molecule has 0 aromatic rings. The Hall–Kier alpha value is -4.45. The van der Waals surface area contributed by atoms with E-state index in [1.54, 1.807) is 0 Å². The molecule has 0 rings (SSSR count). The maximum absolute atomic E-state index is 12.7. The Morgan fingerprint density at radius 3 is 1.05 bits per heavy atom. The van der Waals surface area contributed by atoms with Gasteiger partial charge in [0.1, 0.15) is 13.2 Å². The van der Waals surface area contributed by atoms with Crippen LogP contribution >= 0.6 is 0 Å². The number of carbonyl (C=O) groups excluding carboxylic acids is 3. The average molecular weight is 785 g/mol. The standard InChI is InChI=1S/C51H76O6/c1-4-7-10-13-16-19-22-25-28-31-34-37-40-43-49(52)55-46-48(57-51(54)45-42-39-36-33-30-27-24-21-18-15-12-9-6-3)47-56-50(53)44-41-38-35-32-29-26-23-20-17-14-11-8-5-2/h7-12,16-21,25-30,34,36-37,39,48H,4-6,13-15,22-24,31-33,35,38,40-47H2,1-3H3/b10-7-,11-8-,12-9-,19-16-,20-17-,21-18-,28-25-,29-26-,30-27-,37-34-,39-36-. The minimum absolute atomic E-state index is 0.150. The molecule has 6 heteroatoms. The molecule has 0 fully saturated rings. The fourth-order valence-electron chi connectivity index (χ4n) is 5.01. The monoisotopic (exact) mass is 785 g/mol. The molecule has 0 spiro atoms. The molecular weight excluding hydrogens is 709 g/mol. The SMILES string of the molecule is CC/C=C\C/C=C\C/C=C\C/C=C\CCC(=O)OCC(COC(=O)CCCCC/C=C\C/C=C\C/C=C\CC)OC(=O)CC/C=C\C/C=C\C/C=C\C/C=C\CC. The largest absolute Gasteiger partial charge is 0.462 e. The van der Waals surface area contributed by atoms with Crippen molar-refractivity contribution in [3.8, 4) is 0 Å². The second kappa shape index (κ2) is 44.3. The van der Waals surface area contributed by atoms with Crippen molar-refractivity contribution in [2.45, 2.75) is 155 Å². The van der Waals surface area contributed by atoms with Gasteiger partial charge in [0.05, 0.1) is 0 Å². The van der Waals surface area contributed by atoms with Gasteiger partial charge in [0.2, 0.25) is 0 Å². The van der Waals surface area contributed by atoms with E-state index in [1.807, 2.05) is 24.3 Å². The Balaban J connectivity index is 4.67. The summed E-state index contributed by atoms with van der Waals surface area (Å²) in [6.07, 6.45) is 61.8. The summed E-state index contributed by atoms with van der Waals surface area (Å²) in [7, 11) is 0. The van der Waals surface area contributed by atoms with E-state index in [4.69, 9.17) is 14.2 Å². The first-order valence-corrected chi connectivity index (χ1v) is 21.7. The van der Waals surface area contributed by atoms with Gasteiger partial charge in [-0.2, -0.15) is 0 Å². The highest BCUT2D eigenvalue weighted by Gasteiger charge is 2.19. The molecule has 0 radical (unpaired) electrons. The summed E-state index contributed by atoms with van der Waals surface area (Å²) in [5.41, 5.74) is 0. The molecule has 0 bridgehead atoms. The van der Waals surface area contributed by atoms with E-state index >= 15 is 0 Å². The fraction of sp³-hybridized carbons (Fsp3) is 0.510. The Labute approximate surface area is 347 Å². The summed E-state index contributed by atoms with van der Waals surface area (Å²) in [6, 6.07) is 0. The van der Waals surface area contributed by atoms with Crippen molar-refractivity contribution in [1.82, 2.24) is 0 Å². The van der Waals surface area contributed by atoms with Crippen LogP contribution in [0.2, 0.25) is 0 Å². The molecule has 6 nitrogen and oxygen atoms in total. The van der Waals surface area contributed by atoms with Crippen LogP contribution in [0, 0.1) is 0 Å². The third-order valence-corrected chi connectivity index (χ3v) is 8.16.